The minimum absolute atomic E-state index is 0.607. The molecule has 2 atom stereocenters. The van der Waals surface area contributed by atoms with Gasteiger partial charge in [0.2, 0.25) is 0 Å². The summed E-state index contributed by atoms with van der Waals surface area (Å²) < 4.78 is 0. The molecule has 2 heteroatoms. The van der Waals surface area contributed by atoms with Gasteiger partial charge in [-0.05, 0) is 56.2 Å². The van der Waals surface area contributed by atoms with Crippen LogP contribution in [0.4, 0.5) is 0 Å². The van der Waals surface area contributed by atoms with E-state index in [0.717, 1.165) is 11.8 Å². The second-order valence-corrected chi connectivity index (χ2v) is 7.24. The second kappa shape index (κ2) is 4.90. The van der Waals surface area contributed by atoms with Gasteiger partial charge in [-0.3, -0.25) is 0 Å². The van der Waals surface area contributed by atoms with Crippen molar-refractivity contribution in [2.24, 2.45) is 5.41 Å². The molecule has 1 fully saturated rings. The molecule has 1 aliphatic carbocycles. The molecule has 0 bridgehead atoms. The zero-order chi connectivity index (χ0) is 12.6. The van der Waals surface area contributed by atoms with E-state index >= 15 is 0 Å². The summed E-state index contributed by atoms with van der Waals surface area (Å²) in [5.74, 6) is 0. The quantitative estimate of drug-likeness (QED) is 0.863. The highest BCUT2D eigenvalue weighted by molar-refractivity contribution is 8.00. The lowest BCUT2D eigenvalue weighted by Crippen LogP contribution is -2.36. The lowest BCUT2D eigenvalue weighted by Gasteiger charge is -2.26. The van der Waals surface area contributed by atoms with Crippen molar-refractivity contribution >= 4 is 11.8 Å². The van der Waals surface area contributed by atoms with Crippen molar-refractivity contribution in [2.45, 2.75) is 55.7 Å². The predicted octanol–water partition coefficient (Wildman–Crippen LogP) is 3.87. The van der Waals surface area contributed by atoms with E-state index in [2.05, 4.69) is 55.2 Å². The number of benzene rings is 1. The first-order valence-corrected chi connectivity index (χ1v) is 8.09. The molecule has 18 heavy (non-hydrogen) atoms. The van der Waals surface area contributed by atoms with Crippen molar-refractivity contribution in [3.8, 4) is 0 Å². The van der Waals surface area contributed by atoms with Crippen LogP contribution >= 0.6 is 11.8 Å². The Kier molecular flexibility index (Phi) is 3.42. The van der Waals surface area contributed by atoms with Gasteiger partial charge in [-0.15, -0.1) is 11.8 Å². The zero-order valence-corrected chi connectivity index (χ0v) is 12.2. The molecule has 2 unspecified atom stereocenters. The highest BCUT2D eigenvalue weighted by Gasteiger charge is 2.48. The van der Waals surface area contributed by atoms with Gasteiger partial charge in [-0.2, -0.15) is 0 Å². The summed E-state index contributed by atoms with van der Waals surface area (Å²) in [6.07, 6.45) is 5.52. The molecule has 0 radical (unpaired) electrons. The molecule has 1 saturated carbocycles. The maximum Gasteiger partial charge on any atom is 0.0141 e. The maximum absolute atomic E-state index is 3.63. The van der Waals surface area contributed by atoms with Gasteiger partial charge in [-0.25, -0.2) is 0 Å². The van der Waals surface area contributed by atoms with Crippen molar-refractivity contribution in [1.29, 1.82) is 0 Å². The van der Waals surface area contributed by atoms with E-state index in [1.807, 2.05) is 0 Å². The number of fused-ring (bicyclic) bond motifs is 1. The van der Waals surface area contributed by atoms with Crippen molar-refractivity contribution in [2.75, 3.05) is 6.54 Å². The maximum atomic E-state index is 3.63. The third-order valence-corrected chi connectivity index (χ3v) is 5.99. The monoisotopic (exact) mass is 261 g/mol. The predicted molar refractivity (Wildman–Crippen MR) is 79.2 cm³/mol. The summed E-state index contributed by atoms with van der Waals surface area (Å²) in [5.41, 5.74) is 2.18. The van der Waals surface area contributed by atoms with Gasteiger partial charge in [0.15, 0.2) is 0 Å². The molecule has 1 aliphatic heterocycles. The highest BCUT2D eigenvalue weighted by atomic mass is 32.2. The van der Waals surface area contributed by atoms with E-state index in [4.69, 9.17) is 0 Å². The van der Waals surface area contributed by atoms with E-state index in [1.165, 1.54) is 30.6 Å². The SMILES string of the molecule is CCNC(C)C1(CC2Cc3ccccc3S2)CC1. The van der Waals surface area contributed by atoms with Crippen LogP contribution in [0.2, 0.25) is 0 Å². The zero-order valence-electron chi connectivity index (χ0n) is 11.4. The normalized spacial score (nSPS) is 25.8. The van der Waals surface area contributed by atoms with Crippen LogP contribution in [0.5, 0.6) is 0 Å². The van der Waals surface area contributed by atoms with Crippen LogP contribution in [0, 0.1) is 5.41 Å². The topological polar surface area (TPSA) is 12.0 Å². The molecule has 2 aliphatic rings. The highest BCUT2D eigenvalue weighted by Crippen LogP contribution is 2.55. The van der Waals surface area contributed by atoms with Gasteiger partial charge >= 0.3 is 0 Å². The Labute approximate surface area is 115 Å². The third-order valence-electron chi connectivity index (χ3n) is 4.67. The lowest BCUT2D eigenvalue weighted by molar-refractivity contribution is 0.332. The minimum Gasteiger partial charge on any atom is -0.314 e. The molecule has 1 aromatic rings. The molecule has 0 saturated heterocycles. The van der Waals surface area contributed by atoms with Crippen LogP contribution in [0.15, 0.2) is 29.2 Å². The van der Waals surface area contributed by atoms with Crippen LogP contribution in [0.3, 0.4) is 0 Å². The molecule has 1 nitrogen and oxygen atoms in total. The standard InChI is InChI=1S/C16H23NS/c1-3-17-12(2)16(8-9-16)11-14-10-13-6-4-5-7-15(13)18-14/h4-7,12,14,17H,3,8-11H2,1-2H3. The number of rotatable bonds is 5. The summed E-state index contributed by atoms with van der Waals surface area (Å²) in [6, 6.07) is 9.62. The average molecular weight is 261 g/mol. The summed E-state index contributed by atoms with van der Waals surface area (Å²) in [6.45, 7) is 5.69. The van der Waals surface area contributed by atoms with E-state index in [0.29, 0.717) is 11.5 Å². The molecule has 1 heterocycles. The fourth-order valence-electron chi connectivity index (χ4n) is 3.32. The second-order valence-electron chi connectivity index (χ2n) is 5.90. The van der Waals surface area contributed by atoms with E-state index in [1.54, 1.807) is 5.56 Å². The molecule has 3 rings (SSSR count). The van der Waals surface area contributed by atoms with Gasteiger partial charge in [0.05, 0.1) is 0 Å². The van der Waals surface area contributed by atoms with Crippen LogP contribution in [0.25, 0.3) is 0 Å². The number of nitrogens with one attached hydrogen (secondary N) is 1. The molecular weight excluding hydrogens is 238 g/mol. The summed E-state index contributed by atoms with van der Waals surface area (Å²) in [7, 11) is 0. The fourth-order valence-corrected chi connectivity index (χ4v) is 4.82. The molecular formula is C16H23NS. The van der Waals surface area contributed by atoms with Gasteiger partial charge < -0.3 is 5.32 Å². The van der Waals surface area contributed by atoms with E-state index in [9.17, 15) is 0 Å². The summed E-state index contributed by atoms with van der Waals surface area (Å²) in [4.78, 5) is 1.52. The van der Waals surface area contributed by atoms with Crippen molar-refractivity contribution < 1.29 is 0 Å². The smallest absolute Gasteiger partial charge is 0.0141 e. The van der Waals surface area contributed by atoms with Crippen LogP contribution < -0.4 is 5.32 Å². The molecule has 0 spiro atoms. The van der Waals surface area contributed by atoms with E-state index < -0.39 is 0 Å². The van der Waals surface area contributed by atoms with Crippen molar-refractivity contribution in [1.82, 2.24) is 5.32 Å². The first kappa shape index (κ1) is 12.6. The van der Waals surface area contributed by atoms with Gasteiger partial charge in [0.1, 0.15) is 0 Å². The first-order chi connectivity index (χ1) is 8.73. The fraction of sp³-hybridized carbons (Fsp3) is 0.625. The lowest BCUT2D eigenvalue weighted by atomic mass is 9.90. The first-order valence-electron chi connectivity index (χ1n) is 7.21. The Morgan fingerprint density at radius 3 is 2.83 bits per heavy atom. The van der Waals surface area contributed by atoms with Crippen LogP contribution in [-0.4, -0.2) is 17.8 Å². The number of hydrogen-bond acceptors (Lipinski definition) is 2. The molecule has 0 amide bonds. The van der Waals surface area contributed by atoms with Crippen LogP contribution in [0.1, 0.15) is 38.7 Å². The Hall–Kier alpha value is -0.470. The summed E-state index contributed by atoms with van der Waals surface area (Å²) >= 11 is 2.11. The van der Waals surface area contributed by atoms with Crippen molar-refractivity contribution in [3.63, 3.8) is 0 Å². The molecule has 1 aromatic carbocycles. The number of hydrogen-bond donors (Lipinski definition) is 1. The van der Waals surface area contributed by atoms with Crippen LogP contribution in [-0.2, 0) is 6.42 Å². The molecule has 98 valence electrons. The number of thioether (sulfide) groups is 1. The molecule has 0 aromatic heterocycles. The molecule has 1 N–H and O–H groups in total. The minimum atomic E-state index is 0.607. The average Bonchev–Trinajstić information content (AvgIpc) is 3.02. The summed E-state index contributed by atoms with van der Waals surface area (Å²) in [5, 5.41) is 4.45. The van der Waals surface area contributed by atoms with Crippen molar-refractivity contribution in [3.05, 3.63) is 29.8 Å². The third kappa shape index (κ3) is 2.33. The van der Waals surface area contributed by atoms with E-state index in [-0.39, 0.29) is 0 Å². The Bertz CT molecular complexity index is 400. The Balaban J connectivity index is 1.63. The Morgan fingerprint density at radius 1 is 1.39 bits per heavy atom. The Morgan fingerprint density at radius 2 is 2.17 bits per heavy atom. The van der Waals surface area contributed by atoms with Gasteiger partial charge in [0.25, 0.3) is 0 Å². The van der Waals surface area contributed by atoms with Gasteiger partial charge in [-0.1, -0.05) is 25.1 Å². The largest absolute Gasteiger partial charge is 0.314 e. The van der Waals surface area contributed by atoms with Gasteiger partial charge in [0, 0.05) is 16.2 Å².